The molecule has 3 heteroatoms. The molecular weight excluding hydrogens is 258 g/mol. The number of nitrogens with one attached hydrogen (secondary N) is 1. The minimum atomic E-state index is 0.485. The molecule has 0 aromatic carbocycles. The summed E-state index contributed by atoms with van der Waals surface area (Å²) in [4.78, 5) is 9.85. The molecule has 0 saturated heterocycles. The topological polar surface area (TPSA) is 37.8 Å². The third kappa shape index (κ3) is 2.85. The average Bonchev–Trinajstić information content (AvgIpc) is 3.06. The lowest BCUT2D eigenvalue weighted by atomic mass is 9.87. The zero-order chi connectivity index (χ0) is 15.0. The molecule has 2 bridgehead atoms. The van der Waals surface area contributed by atoms with E-state index in [1.165, 1.54) is 42.6 Å². The Hall–Kier alpha value is -0.960. The number of hydrogen-bond donors (Lipinski definition) is 1. The molecule has 2 saturated carbocycles. The van der Waals surface area contributed by atoms with Crippen LogP contribution in [0.2, 0.25) is 0 Å². The summed E-state index contributed by atoms with van der Waals surface area (Å²) in [5.41, 5.74) is 3.75. The average molecular weight is 287 g/mol. The second kappa shape index (κ2) is 6.04. The number of aryl methyl sites for hydroxylation is 2. The lowest BCUT2D eigenvalue weighted by molar-refractivity contribution is 0.403. The number of rotatable bonds is 5. The van der Waals surface area contributed by atoms with Gasteiger partial charge in [0.1, 0.15) is 5.82 Å². The highest BCUT2D eigenvalue weighted by atomic mass is 14.9. The van der Waals surface area contributed by atoms with Crippen molar-refractivity contribution in [3.63, 3.8) is 0 Å². The van der Waals surface area contributed by atoms with Crippen molar-refractivity contribution in [2.45, 2.75) is 65.2 Å². The van der Waals surface area contributed by atoms with Crippen molar-refractivity contribution in [2.24, 2.45) is 11.8 Å². The normalized spacial score (nSPS) is 29.0. The van der Waals surface area contributed by atoms with E-state index in [1.54, 1.807) is 0 Å². The Morgan fingerprint density at radius 1 is 1.14 bits per heavy atom. The van der Waals surface area contributed by atoms with Crippen LogP contribution in [0.5, 0.6) is 0 Å². The summed E-state index contributed by atoms with van der Waals surface area (Å²) in [5.74, 6) is 4.07. The monoisotopic (exact) mass is 287 g/mol. The molecular formula is C18H29N3. The first-order valence-corrected chi connectivity index (χ1v) is 8.65. The Balaban J connectivity index is 1.82. The molecule has 0 amide bonds. The Morgan fingerprint density at radius 2 is 1.86 bits per heavy atom. The summed E-state index contributed by atoms with van der Waals surface area (Å²) in [6, 6.07) is 0. The van der Waals surface area contributed by atoms with Crippen LogP contribution < -0.4 is 5.32 Å². The van der Waals surface area contributed by atoms with E-state index >= 15 is 0 Å². The molecule has 116 valence electrons. The molecule has 0 radical (unpaired) electrons. The molecule has 1 N–H and O–H groups in total. The number of likely N-dealkylation sites (N-methyl/N-ethyl adjacent to an activating group) is 1. The van der Waals surface area contributed by atoms with Crippen LogP contribution in [0.4, 0.5) is 0 Å². The quantitative estimate of drug-likeness (QED) is 0.897. The van der Waals surface area contributed by atoms with Gasteiger partial charge in [-0.1, -0.05) is 20.3 Å². The van der Waals surface area contributed by atoms with Crippen molar-refractivity contribution >= 4 is 0 Å². The molecule has 2 fully saturated rings. The van der Waals surface area contributed by atoms with Crippen molar-refractivity contribution in [3.05, 3.63) is 22.8 Å². The number of hydrogen-bond acceptors (Lipinski definition) is 3. The van der Waals surface area contributed by atoms with Crippen LogP contribution in [0, 0.1) is 25.7 Å². The number of fused-ring (bicyclic) bond motifs is 2. The van der Waals surface area contributed by atoms with Gasteiger partial charge in [0.15, 0.2) is 0 Å². The maximum atomic E-state index is 4.92. The molecule has 1 heterocycles. The molecule has 0 aliphatic heterocycles. The van der Waals surface area contributed by atoms with Crippen molar-refractivity contribution in [1.82, 2.24) is 15.3 Å². The second-order valence-electron chi connectivity index (χ2n) is 7.16. The predicted molar refractivity (Wildman–Crippen MR) is 86.7 cm³/mol. The van der Waals surface area contributed by atoms with E-state index in [4.69, 9.17) is 9.97 Å². The summed E-state index contributed by atoms with van der Waals surface area (Å²) >= 11 is 0. The summed E-state index contributed by atoms with van der Waals surface area (Å²) < 4.78 is 0. The first kappa shape index (κ1) is 15.0. The largest absolute Gasteiger partial charge is 0.316 e. The van der Waals surface area contributed by atoms with Crippen LogP contribution in [0.15, 0.2) is 0 Å². The fraction of sp³-hybridized carbons (Fsp3) is 0.778. The molecule has 3 rings (SSSR count). The lowest BCUT2D eigenvalue weighted by Crippen LogP contribution is -2.22. The molecule has 4 unspecified atom stereocenters. The maximum absolute atomic E-state index is 4.92. The van der Waals surface area contributed by atoms with Crippen LogP contribution >= 0.6 is 0 Å². The fourth-order valence-corrected chi connectivity index (χ4v) is 4.65. The third-order valence-corrected chi connectivity index (χ3v) is 5.61. The minimum Gasteiger partial charge on any atom is -0.316 e. The van der Waals surface area contributed by atoms with E-state index in [9.17, 15) is 0 Å². The van der Waals surface area contributed by atoms with Gasteiger partial charge in [-0.05, 0) is 63.0 Å². The zero-order valence-electron chi connectivity index (χ0n) is 13.9. The zero-order valence-corrected chi connectivity index (χ0v) is 13.9. The van der Waals surface area contributed by atoms with Gasteiger partial charge in [-0.2, -0.15) is 0 Å². The third-order valence-electron chi connectivity index (χ3n) is 5.61. The first-order valence-electron chi connectivity index (χ1n) is 8.65. The van der Waals surface area contributed by atoms with Gasteiger partial charge in [0.25, 0.3) is 0 Å². The van der Waals surface area contributed by atoms with Crippen molar-refractivity contribution in [2.75, 3.05) is 13.1 Å². The van der Waals surface area contributed by atoms with E-state index in [0.29, 0.717) is 11.8 Å². The highest BCUT2D eigenvalue weighted by Gasteiger charge is 2.41. The molecule has 21 heavy (non-hydrogen) atoms. The van der Waals surface area contributed by atoms with Gasteiger partial charge < -0.3 is 5.32 Å². The highest BCUT2D eigenvalue weighted by Crippen LogP contribution is 2.52. The van der Waals surface area contributed by atoms with Crippen molar-refractivity contribution in [1.29, 1.82) is 0 Å². The smallest absolute Gasteiger partial charge is 0.132 e. The molecule has 3 nitrogen and oxygen atoms in total. The molecule has 1 aromatic heterocycles. The number of aromatic nitrogens is 2. The highest BCUT2D eigenvalue weighted by molar-refractivity contribution is 5.29. The SMILES string of the molecule is CCNCC(C)c1c(C)nc(C2CC3CCC2C3)nc1C. The molecule has 0 spiro atoms. The van der Waals surface area contributed by atoms with Crippen LogP contribution in [-0.2, 0) is 0 Å². The van der Waals surface area contributed by atoms with Gasteiger partial charge in [-0.15, -0.1) is 0 Å². The van der Waals surface area contributed by atoms with Gasteiger partial charge in [0.05, 0.1) is 0 Å². The summed E-state index contributed by atoms with van der Waals surface area (Å²) in [5, 5.41) is 3.44. The Bertz CT molecular complexity index is 488. The predicted octanol–water partition coefficient (Wildman–Crippen LogP) is 3.71. The number of nitrogens with zero attached hydrogens (tertiary/aromatic N) is 2. The molecule has 1 aromatic rings. The fourth-order valence-electron chi connectivity index (χ4n) is 4.65. The Kier molecular flexibility index (Phi) is 4.30. The van der Waals surface area contributed by atoms with Crippen LogP contribution in [-0.4, -0.2) is 23.1 Å². The van der Waals surface area contributed by atoms with Gasteiger partial charge in [-0.3, -0.25) is 0 Å². The van der Waals surface area contributed by atoms with Gasteiger partial charge in [0.2, 0.25) is 0 Å². The van der Waals surface area contributed by atoms with Crippen molar-refractivity contribution in [3.8, 4) is 0 Å². The summed E-state index contributed by atoms with van der Waals surface area (Å²) in [6.07, 6.45) is 5.59. The molecule has 4 atom stereocenters. The Morgan fingerprint density at radius 3 is 2.38 bits per heavy atom. The van der Waals surface area contributed by atoms with Crippen LogP contribution in [0.3, 0.4) is 0 Å². The van der Waals surface area contributed by atoms with E-state index in [0.717, 1.165) is 30.7 Å². The van der Waals surface area contributed by atoms with Gasteiger partial charge in [0, 0.05) is 23.9 Å². The lowest BCUT2D eigenvalue weighted by Gasteiger charge is -2.23. The van der Waals surface area contributed by atoms with E-state index in [1.807, 2.05) is 0 Å². The minimum absolute atomic E-state index is 0.485. The van der Waals surface area contributed by atoms with E-state index in [-0.39, 0.29) is 0 Å². The van der Waals surface area contributed by atoms with Crippen molar-refractivity contribution < 1.29 is 0 Å². The second-order valence-corrected chi connectivity index (χ2v) is 7.16. The van der Waals surface area contributed by atoms with Gasteiger partial charge >= 0.3 is 0 Å². The van der Waals surface area contributed by atoms with E-state index < -0.39 is 0 Å². The van der Waals surface area contributed by atoms with Gasteiger partial charge in [-0.25, -0.2) is 9.97 Å². The molecule has 2 aliphatic rings. The first-order chi connectivity index (χ1) is 10.1. The van der Waals surface area contributed by atoms with Crippen LogP contribution in [0.25, 0.3) is 0 Å². The summed E-state index contributed by atoms with van der Waals surface area (Å²) in [7, 11) is 0. The Labute approximate surface area is 129 Å². The molecule has 2 aliphatic carbocycles. The summed E-state index contributed by atoms with van der Waals surface area (Å²) in [6.45, 7) is 10.8. The maximum Gasteiger partial charge on any atom is 0.132 e. The standard InChI is InChI=1S/C18H29N3/c1-5-19-10-11(2)17-12(3)20-18(21-13(17)4)16-9-14-6-7-15(16)8-14/h11,14-16,19H,5-10H2,1-4H3. The van der Waals surface area contributed by atoms with Crippen LogP contribution in [0.1, 0.15) is 74.1 Å². The van der Waals surface area contributed by atoms with E-state index in [2.05, 4.69) is 33.0 Å².